The highest BCUT2D eigenvalue weighted by molar-refractivity contribution is 9.10. The van der Waals surface area contributed by atoms with Gasteiger partial charge in [0.25, 0.3) is 0 Å². The first kappa shape index (κ1) is 14.1. The number of amides is 1. The van der Waals surface area contributed by atoms with E-state index in [1.54, 1.807) is 0 Å². The molecule has 0 radical (unpaired) electrons. The van der Waals surface area contributed by atoms with Crippen molar-refractivity contribution in [1.82, 2.24) is 4.90 Å². The average Bonchev–Trinajstić information content (AvgIpc) is 2.42. The molecule has 1 aromatic rings. The molecule has 0 atom stereocenters. The number of carbonyl (C=O) groups is 1. The molecule has 1 N–H and O–H groups in total. The van der Waals surface area contributed by atoms with E-state index in [1.807, 2.05) is 24.3 Å². The molecule has 0 aromatic heterocycles. The Morgan fingerprint density at radius 1 is 1.37 bits per heavy atom. The van der Waals surface area contributed by atoms with Crippen molar-refractivity contribution in [3.8, 4) is 12.3 Å². The molecule has 0 spiro atoms. The van der Waals surface area contributed by atoms with Crippen LogP contribution in [0.5, 0.6) is 0 Å². The van der Waals surface area contributed by atoms with Gasteiger partial charge in [-0.05, 0) is 50.2 Å². The summed E-state index contributed by atoms with van der Waals surface area (Å²) in [6.45, 7) is 2.49. The molecule has 19 heavy (non-hydrogen) atoms. The van der Waals surface area contributed by atoms with E-state index in [4.69, 9.17) is 6.42 Å². The minimum Gasteiger partial charge on any atom is -0.326 e. The third-order valence-corrected chi connectivity index (χ3v) is 3.91. The average molecular weight is 321 g/mol. The summed E-state index contributed by atoms with van der Waals surface area (Å²) in [5.41, 5.74) is 0.847. The molecule has 0 unspecified atom stereocenters. The second-order valence-electron chi connectivity index (χ2n) is 4.75. The predicted molar refractivity (Wildman–Crippen MR) is 80.8 cm³/mol. The number of nitrogens with zero attached hydrogens (tertiary/aromatic N) is 1. The number of halogens is 1. The van der Waals surface area contributed by atoms with Crippen molar-refractivity contribution < 1.29 is 4.79 Å². The summed E-state index contributed by atoms with van der Waals surface area (Å²) >= 11 is 3.38. The van der Waals surface area contributed by atoms with Crippen LogP contribution in [0.1, 0.15) is 12.8 Å². The van der Waals surface area contributed by atoms with E-state index in [-0.39, 0.29) is 11.8 Å². The first-order valence-corrected chi connectivity index (χ1v) is 7.20. The van der Waals surface area contributed by atoms with Gasteiger partial charge in [-0.3, -0.25) is 9.69 Å². The lowest BCUT2D eigenvalue weighted by Crippen LogP contribution is -2.38. The van der Waals surface area contributed by atoms with E-state index in [2.05, 4.69) is 32.1 Å². The summed E-state index contributed by atoms with van der Waals surface area (Å²) in [6.07, 6.45) is 7.05. The van der Waals surface area contributed by atoms with Crippen molar-refractivity contribution in [3.63, 3.8) is 0 Å². The lowest BCUT2D eigenvalue weighted by molar-refractivity contribution is -0.121. The van der Waals surface area contributed by atoms with Crippen LogP contribution >= 0.6 is 15.9 Å². The number of hydrogen-bond acceptors (Lipinski definition) is 2. The minimum absolute atomic E-state index is 0.0951. The molecule has 100 valence electrons. The zero-order chi connectivity index (χ0) is 13.7. The fraction of sp³-hybridized carbons (Fsp3) is 0.400. The number of hydrogen-bond donors (Lipinski definition) is 1. The molecule has 1 aliphatic rings. The van der Waals surface area contributed by atoms with Gasteiger partial charge in [0, 0.05) is 16.1 Å². The van der Waals surface area contributed by atoms with Crippen LogP contribution in [0.4, 0.5) is 5.69 Å². The van der Waals surface area contributed by atoms with Crippen molar-refractivity contribution in [3.05, 3.63) is 28.7 Å². The summed E-state index contributed by atoms with van der Waals surface area (Å²) in [5.74, 6) is 2.86. The van der Waals surface area contributed by atoms with Crippen molar-refractivity contribution in [1.29, 1.82) is 0 Å². The Hall–Kier alpha value is -1.31. The first-order chi connectivity index (χ1) is 9.19. The summed E-state index contributed by atoms with van der Waals surface area (Å²) in [7, 11) is 0. The molecule has 1 amide bonds. The lowest BCUT2D eigenvalue weighted by atomic mass is 9.96. The van der Waals surface area contributed by atoms with Crippen LogP contribution < -0.4 is 5.32 Å². The molecule has 2 rings (SSSR count). The Balaban J connectivity index is 1.85. The number of likely N-dealkylation sites (tertiary alicyclic amines) is 1. The van der Waals surface area contributed by atoms with Crippen LogP contribution in [0.2, 0.25) is 0 Å². The van der Waals surface area contributed by atoms with Crippen LogP contribution in [0.15, 0.2) is 28.7 Å². The molecule has 4 heteroatoms. The monoisotopic (exact) mass is 320 g/mol. The molecule has 1 aliphatic heterocycles. The molecule has 0 aliphatic carbocycles. The number of anilines is 1. The molecule has 1 aromatic carbocycles. The quantitative estimate of drug-likeness (QED) is 0.868. The van der Waals surface area contributed by atoms with Crippen molar-refractivity contribution in [2.45, 2.75) is 12.8 Å². The maximum atomic E-state index is 12.1. The fourth-order valence-electron chi connectivity index (χ4n) is 2.26. The maximum absolute atomic E-state index is 12.1. The summed E-state index contributed by atoms with van der Waals surface area (Å²) < 4.78 is 1.01. The van der Waals surface area contributed by atoms with Gasteiger partial charge in [0.2, 0.25) is 5.91 Å². The van der Waals surface area contributed by atoms with Gasteiger partial charge in [0.05, 0.1) is 6.54 Å². The normalized spacial score (nSPS) is 16.8. The standard InChI is InChI=1S/C15H17BrN2O/c1-2-9-18-10-7-12(8-11-18)15(19)17-14-5-3-13(16)4-6-14/h1,3-6,12H,7-11H2,(H,17,19). The Labute approximate surface area is 122 Å². The number of nitrogens with one attached hydrogen (secondary N) is 1. The molecule has 1 saturated heterocycles. The van der Waals surface area contributed by atoms with E-state index < -0.39 is 0 Å². The SMILES string of the molecule is C#CCN1CCC(C(=O)Nc2ccc(Br)cc2)CC1. The highest BCUT2D eigenvalue weighted by Gasteiger charge is 2.24. The third kappa shape index (κ3) is 4.09. The maximum Gasteiger partial charge on any atom is 0.227 e. The molecular formula is C15H17BrN2O. The number of rotatable bonds is 3. The molecule has 0 bridgehead atoms. The molecule has 1 fully saturated rings. The van der Waals surface area contributed by atoms with Crippen LogP contribution in [-0.2, 0) is 4.79 Å². The van der Waals surface area contributed by atoms with Gasteiger partial charge in [-0.1, -0.05) is 21.9 Å². The topological polar surface area (TPSA) is 32.3 Å². The third-order valence-electron chi connectivity index (χ3n) is 3.39. The van der Waals surface area contributed by atoms with Gasteiger partial charge in [0.1, 0.15) is 0 Å². The smallest absolute Gasteiger partial charge is 0.227 e. The lowest BCUT2D eigenvalue weighted by Gasteiger charge is -2.29. The van der Waals surface area contributed by atoms with Crippen LogP contribution in [0.3, 0.4) is 0 Å². The van der Waals surface area contributed by atoms with Crippen LogP contribution in [0.25, 0.3) is 0 Å². The number of benzene rings is 1. The fourth-order valence-corrected chi connectivity index (χ4v) is 2.52. The summed E-state index contributed by atoms with van der Waals surface area (Å²) in [4.78, 5) is 14.3. The Kier molecular flexibility index (Phi) is 5.00. The molecule has 3 nitrogen and oxygen atoms in total. The molecule has 0 saturated carbocycles. The highest BCUT2D eigenvalue weighted by atomic mass is 79.9. The van der Waals surface area contributed by atoms with Crippen LogP contribution in [-0.4, -0.2) is 30.4 Å². The highest BCUT2D eigenvalue weighted by Crippen LogP contribution is 2.20. The number of piperidine rings is 1. The minimum atomic E-state index is 0.0951. The first-order valence-electron chi connectivity index (χ1n) is 6.41. The van der Waals surface area contributed by atoms with Crippen molar-refractivity contribution >= 4 is 27.5 Å². The Morgan fingerprint density at radius 2 is 2.00 bits per heavy atom. The van der Waals surface area contributed by atoms with Gasteiger partial charge in [-0.2, -0.15) is 0 Å². The van der Waals surface area contributed by atoms with Gasteiger partial charge in [-0.15, -0.1) is 6.42 Å². The van der Waals surface area contributed by atoms with Crippen molar-refractivity contribution in [2.24, 2.45) is 5.92 Å². The van der Waals surface area contributed by atoms with Gasteiger partial charge < -0.3 is 5.32 Å². The Morgan fingerprint density at radius 3 is 2.58 bits per heavy atom. The largest absolute Gasteiger partial charge is 0.326 e. The van der Waals surface area contributed by atoms with Crippen molar-refractivity contribution in [2.75, 3.05) is 25.0 Å². The van der Waals surface area contributed by atoms with Gasteiger partial charge in [0.15, 0.2) is 0 Å². The predicted octanol–water partition coefficient (Wildman–Crippen LogP) is 2.73. The zero-order valence-electron chi connectivity index (χ0n) is 10.7. The van der Waals surface area contributed by atoms with Gasteiger partial charge >= 0.3 is 0 Å². The second kappa shape index (κ2) is 6.74. The molecular weight excluding hydrogens is 304 g/mol. The molecule has 1 heterocycles. The van der Waals surface area contributed by atoms with E-state index in [1.165, 1.54) is 0 Å². The van der Waals surface area contributed by atoms with Gasteiger partial charge in [-0.25, -0.2) is 0 Å². The number of carbonyl (C=O) groups excluding carboxylic acids is 1. The van der Waals surface area contributed by atoms with E-state index >= 15 is 0 Å². The van der Waals surface area contributed by atoms with Crippen LogP contribution in [0, 0.1) is 18.3 Å². The summed E-state index contributed by atoms with van der Waals surface area (Å²) in [5, 5.41) is 2.97. The Bertz CT molecular complexity index is 470. The zero-order valence-corrected chi connectivity index (χ0v) is 12.3. The summed E-state index contributed by atoms with van der Waals surface area (Å²) in [6, 6.07) is 7.64. The van der Waals surface area contributed by atoms with E-state index in [0.29, 0.717) is 6.54 Å². The van der Waals surface area contributed by atoms with E-state index in [9.17, 15) is 4.79 Å². The second-order valence-corrected chi connectivity index (χ2v) is 5.67. The van der Waals surface area contributed by atoms with E-state index in [0.717, 1.165) is 36.1 Å². The number of terminal acetylenes is 1.